The first kappa shape index (κ1) is 16.5. The molecule has 1 aromatic rings. The number of hydrogen-bond acceptors (Lipinski definition) is 4. The minimum absolute atomic E-state index is 0.284. The van der Waals surface area contributed by atoms with Gasteiger partial charge in [0.05, 0.1) is 0 Å². The number of aliphatic hydroxyl groups excluding tert-OH is 1. The monoisotopic (exact) mass is 294 g/mol. The number of imidazole rings is 1. The zero-order valence-electron chi connectivity index (χ0n) is 13.7. The molecule has 0 bridgehead atoms. The number of piperazine rings is 1. The van der Waals surface area contributed by atoms with Gasteiger partial charge in [0.25, 0.3) is 0 Å². The van der Waals surface area contributed by atoms with E-state index in [2.05, 4.69) is 40.2 Å². The third kappa shape index (κ3) is 4.80. The Morgan fingerprint density at radius 3 is 2.81 bits per heavy atom. The first-order chi connectivity index (χ1) is 10.1. The molecule has 1 fully saturated rings. The van der Waals surface area contributed by atoms with E-state index in [1.165, 1.54) is 0 Å². The zero-order valence-corrected chi connectivity index (χ0v) is 13.7. The summed E-state index contributed by atoms with van der Waals surface area (Å²) >= 11 is 0. The molecule has 0 saturated carbocycles. The lowest BCUT2D eigenvalue weighted by molar-refractivity contribution is 0.0516. The highest BCUT2D eigenvalue weighted by Crippen LogP contribution is 2.15. The lowest BCUT2D eigenvalue weighted by atomic mass is 10.1. The van der Waals surface area contributed by atoms with Gasteiger partial charge in [0.15, 0.2) is 0 Å². The summed E-state index contributed by atoms with van der Waals surface area (Å²) in [6.45, 7) is 10.3. The van der Waals surface area contributed by atoms with E-state index in [0.717, 1.165) is 51.4 Å². The van der Waals surface area contributed by atoms with Gasteiger partial charge in [-0.3, -0.25) is 4.90 Å². The lowest BCUT2D eigenvalue weighted by Crippen LogP contribution is -2.54. The SMILES string of the molecule is CC(C)CN1CCN(CCc2nccn2C)CC1CCO. The molecular formula is C16H30N4O. The highest BCUT2D eigenvalue weighted by molar-refractivity contribution is 4.92. The Bertz CT molecular complexity index is 418. The molecule has 0 spiro atoms. The van der Waals surface area contributed by atoms with E-state index in [9.17, 15) is 5.11 Å². The normalized spacial score (nSPS) is 21.3. The van der Waals surface area contributed by atoms with Crippen molar-refractivity contribution in [3.05, 3.63) is 18.2 Å². The number of rotatable bonds is 7. The molecule has 2 heterocycles. The van der Waals surface area contributed by atoms with Crippen LogP contribution >= 0.6 is 0 Å². The van der Waals surface area contributed by atoms with Crippen molar-refractivity contribution in [2.75, 3.05) is 39.3 Å². The fourth-order valence-corrected chi connectivity index (χ4v) is 3.19. The molecule has 0 radical (unpaired) electrons. The summed E-state index contributed by atoms with van der Waals surface area (Å²) in [5, 5.41) is 9.31. The number of nitrogens with zero attached hydrogens (tertiary/aromatic N) is 4. The van der Waals surface area contributed by atoms with Gasteiger partial charge in [-0.15, -0.1) is 0 Å². The van der Waals surface area contributed by atoms with Crippen molar-refractivity contribution in [3.63, 3.8) is 0 Å². The fraction of sp³-hybridized carbons (Fsp3) is 0.812. The molecule has 2 rings (SSSR count). The third-order valence-electron chi connectivity index (χ3n) is 4.32. The number of aromatic nitrogens is 2. The average molecular weight is 294 g/mol. The number of aryl methyl sites for hydroxylation is 1. The zero-order chi connectivity index (χ0) is 15.2. The Morgan fingerprint density at radius 1 is 1.38 bits per heavy atom. The van der Waals surface area contributed by atoms with Gasteiger partial charge in [-0.1, -0.05) is 13.8 Å². The number of aliphatic hydroxyl groups is 1. The van der Waals surface area contributed by atoms with Crippen molar-refractivity contribution in [2.45, 2.75) is 32.7 Å². The summed E-state index contributed by atoms with van der Waals surface area (Å²) in [5.41, 5.74) is 0. The van der Waals surface area contributed by atoms with E-state index < -0.39 is 0 Å². The van der Waals surface area contributed by atoms with E-state index >= 15 is 0 Å². The molecule has 21 heavy (non-hydrogen) atoms. The highest BCUT2D eigenvalue weighted by atomic mass is 16.3. The summed E-state index contributed by atoms with van der Waals surface area (Å²) in [7, 11) is 2.05. The summed E-state index contributed by atoms with van der Waals surface area (Å²) in [6.07, 6.45) is 5.75. The predicted molar refractivity (Wildman–Crippen MR) is 85.3 cm³/mol. The largest absolute Gasteiger partial charge is 0.396 e. The van der Waals surface area contributed by atoms with Gasteiger partial charge in [-0.05, 0) is 12.3 Å². The van der Waals surface area contributed by atoms with Crippen LogP contribution in [-0.4, -0.2) is 69.8 Å². The van der Waals surface area contributed by atoms with Crippen LogP contribution in [0, 0.1) is 5.92 Å². The van der Waals surface area contributed by atoms with E-state index in [1.54, 1.807) is 0 Å². The van der Waals surface area contributed by atoms with Crippen LogP contribution < -0.4 is 0 Å². The molecule has 0 amide bonds. The van der Waals surface area contributed by atoms with Gasteiger partial charge in [0, 0.05) is 71.2 Å². The number of hydrogen-bond donors (Lipinski definition) is 1. The van der Waals surface area contributed by atoms with Crippen LogP contribution in [0.15, 0.2) is 12.4 Å². The predicted octanol–water partition coefficient (Wildman–Crippen LogP) is 0.987. The summed E-state index contributed by atoms with van der Waals surface area (Å²) in [6, 6.07) is 0.493. The maximum absolute atomic E-state index is 9.31. The Hall–Kier alpha value is -0.910. The third-order valence-corrected chi connectivity index (χ3v) is 4.32. The molecule has 1 saturated heterocycles. The summed E-state index contributed by atoms with van der Waals surface area (Å²) in [4.78, 5) is 9.47. The maximum Gasteiger partial charge on any atom is 0.109 e. The van der Waals surface area contributed by atoms with Crippen LogP contribution in [0.3, 0.4) is 0 Å². The van der Waals surface area contributed by atoms with Gasteiger partial charge in [0.2, 0.25) is 0 Å². The molecule has 0 aromatic carbocycles. The van der Waals surface area contributed by atoms with Gasteiger partial charge < -0.3 is 14.6 Å². The molecule has 1 atom stereocenters. The Labute approximate surface area is 128 Å². The van der Waals surface area contributed by atoms with Gasteiger partial charge in [-0.25, -0.2) is 4.98 Å². The van der Waals surface area contributed by atoms with Gasteiger partial charge >= 0.3 is 0 Å². The molecule has 1 unspecified atom stereocenters. The second-order valence-corrected chi connectivity index (χ2v) is 6.56. The first-order valence-corrected chi connectivity index (χ1v) is 8.13. The van der Waals surface area contributed by atoms with Crippen molar-refractivity contribution >= 4 is 0 Å². The molecular weight excluding hydrogens is 264 g/mol. The van der Waals surface area contributed by atoms with Crippen molar-refractivity contribution in [2.24, 2.45) is 13.0 Å². The molecule has 1 aliphatic heterocycles. The maximum atomic E-state index is 9.31. The Kier molecular flexibility index (Phi) is 6.21. The van der Waals surface area contributed by atoms with Gasteiger partial charge in [0.1, 0.15) is 5.82 Å². The van der Waals surface area contributed by atoms with E-state index in [0.29, 0.717) is 12.0 Å². The van der Waals surface area contributed by atoms with Crippen LogP contribution in [0.1, 0.15) is 26.1 Å². The van der Waals surface area contributed by atoms with Crippen LogP contribution in [0.4, 0.5) is 0 Å². The highest BCUT2D eigenvalue weighted by Gasteiger charge is 2.26. The van der Waals surface area contributed by atoms with Crippen LogP contribution in [0.5, 0.6) is 0 Å². The fourth-order valence-electron chi connectivity index (χ4n) is 3.19. The quantitative estimate of drug-likeness (QED) is 0.814. The average Bonchev–Trinajstić information content (AvgIpc) is 2.84. The van der Waals surface area contributed by atoms with Gasteiger partial charge in [-0.2, -0.15) is 0 Å². The standard InChI is InChI=1S/C16H30N4O/c1-14(2)12-20-10-9-19(13-15(20)5-11-21)7-4-16-17-6-8-18(16)3/h6,8,14-15,21H,4-5,7,9-13H2,1-3H3. The lowest BCUT2D eigenvalue weighted by Gasteiger charge is -2.42. The Balaban J connectivity index is 1.84. The van der Waals surface area contributed by atoms with Crippen LogP contribution in [-0.2, 0) is 13.5 Å². The summed E-state index contributed by atoms with van der Waals surface area (Å²) < 4.78 is 2.10. The van der Waals surface area contributed by atoms with E-state index in [-0.39, 0.29) is 6.61 Å². The molecule has 1 aliphatic rings. The molecule has 1 aromatic heterocycles. The minimum atomic E-state index is 0.284. The molecule has 5 nitrogen and oxygen atoms in total. The minimum Gasteiger partial charge on any atom is -0.396 e. The van der Waals surface area contributed by atoms with Crippen LogP contribution in [0.25, 0.3) is 0 Å². The van der Waals surface area contributed by atoms with E-state index in [1.807, 2.05) is 12.4 Å². The molecule has 5 heteroatoms. The topological polar surface area (TPSA) is 44.5 Å². The first-order valence-electron chi connectivity index (χ1n) is 8.13. The van der Waals surface area contributed by atoms with Crippen molar-refractivity contribution < 1.29 is 5.11 Å². The second kappa shape index (κ2) is 7.92. The van der Waals surface area contributed by atoms with Crippen LogP contribution in [0.2, 0.25) is 0 Å². The second-order valence-electron chi connectivity index (χ2n) is 6.56. The molecule has 120 valence electrons. The van der Waals surface area contributed by atoms with Crippen molar-refractivity contribution in [3.8, 4) is 0 Å². The molecule has 1 N–H and O–H groups in total. The van der Waals surface area contributed by atoms with Crippen molar-refractivity contribution in [1.82, 2.24) is 19.4 Å². The smallest absolute Gasteiger partial charge is 0.109 e. The van der Waals surface area contributed by atoms with Crippen molar-refractivity contribution in [1.29, 1.82) is 0 Å². The Morgan fingerprint density at radius 2 is 2.19 bits per heavy atom. The molecule has 0 aliphatic carbocycles. The summed E-state index contributed by atoms with van der Waals surface area (Å²) in [5.74, 6) is 1.84. The van der Waals surface area contributed by atoms with E-state index in [4.69, 9.17) is 0 Å².